The third-order valence-electron chi connectivity index (χ3n) is 3.66. The van der Waals surface area contributed by atoms with Crippen LogP contribution in [0.5, 0.6) is 5.75 Å². The molecule has 0 radical (unpaired) electrons. The normalized spacial score (nSPS) is 10.4. The van der Waals surface area contributed by atoms with Crippen molar-refractivity contribution >= 4 is 39.9 Å². The molecule has 1 amide bonds. The monoisotopic (exact) mass is 370 g/mol. The standard InChI is InChI=1S/C19H15ClN2O4/c1-25-16-10-13-6-3-2-5-12(13)9-14(16)19(24)26-11-17(23)22-15-7-4-8-21-18(15)20/h2-10H,11H2,1H3,(H,22,23). The highest BCUT2D eigenvalue weighted by Crippen LogP contribution is 2.26. The van der Waals surface area contributed by atoms with Crippen molar-refractivity contribution in [2.45, 2.75) is 0 Å². The van der Waals surface area contributed by atoms with Crippen LogP contribution < -0.4 is 10.1 Å². The summed E-state index contributed by atoms with van der Waals surface area (Å²) < 4.78 is 10.4. The second-order valence-corrected chi connectivity index (χ2v) is 5.72. The van der Waals surface area contributed by atoms with E-state index in [-0.39, 0.29) is 10.7 Å². The van der Waals surface area contributed by atoms with Gasteiger partial charge >= 0.3 is 5.97 Å². The fraction of sp³-hybridized carbons (Fsp3) is 0.105. The van der Waals surface area contributed by atoms with Crippen LogP contribution in [0, 0.1) is 0 Å². The summed E-state index contributed by atoms with van der Waals surface area (Å²) in [6.45, 7) is -0.458. The van der Waals surface area contributed by atoms with Crippen LogP contribution in [0.25, 0.3) is 10.8 Å². The number of aromatic nitrogens is 1. The molecule has 2 aromatic carbocycles. The van der Waals surface area contributed by atoms with E-state index in [2.05, 4.69) is 10.3 Å². The fourth-order valence-electron chi connectivity index (χ4n) is 2.42. The topological polar surface area (TPSA) is 77.5 Å². The molecule has 0 aliphatic heterocycles. The highest BCUT2D eigenvalue weighted by Gasteiger charge is 2.17. The van der Waals surface area contributed by atoms with Crippen molar-refractivity contribution < 1.29 is 19.1 Å². The van der Waals surface area contributed by atoms with E-state index in [0.29, 0.717) is 11.4 Å². The Kier molecular flexibility index (Phi) is 5.34. The highest BCUT2D eigenvalue weighted by molar-refractivity contribution is 6.32. The van der Waals surface area contributed by atoms with Gasteiger partial charge in [0, 0.05) is 6.20 Å². The quantitative estimate of drug-likeness (QED) is 0.547. The summed E-state index contributed by atoms with van der Waals surface area (Å²) in [6.07, 6.45) is 1.50. The molecule has 0 spiro atoms. The number of carbonyl (C=O) groups excluding carboxylic acids is 2. The van der Waals surface area contributed by atoms with Gasteiger partial charge in [0.15, 0.2) is 11.8 Å². The van der Waals surface area contributed by atoms with Crippen molar-refractivity contribution in [3.63, 3.8) is 0 Å². The van der Waals surface area contributed by atoms with Gasteiger partial charge in [0.1, 0.15) is 11.3 Å². The van der Waals surface area contributed by atoms with Gasteiger partial charge in [-0.25, -0.2) is 9.78 Å². The molecule has 132 valence electrons. The Bertz CT molecular complexity index is 975. The summed E-state index contributed by atoms with van der Waals surface area (Å²) in [4.78, 5) is 28.2. The number of nitrogens with zero attached hydrogens (tertiary/aromatic N) is 1. The Morgan fingerprint density at radius 3 is 2.54 bits per heavy atom. The van der Waals surface area contributed by atoms with Gasteiger partial charge in [-0.3, -0.25) is 4.79 Å². The maximum Gasteiger partial charge on any atom is 0.342 e. The summed E-state index contributed by atoms with van der Waals surface area (Å²) in [5.41, 5.74) is 0.594. The lowest BCUT2D eigenvalue weighted by atomic mass is 10.1. The van der Waals surface area contributed by atoms with Crippen LogP contribution in [0.2, 0.25) is 5.15 Å². The molecule has 3 aromatic rings. The number of benzene rings is 2. The van der Waals surface area contributed by atoms with Gasteiger partial charge < -0.3 is 14.8 Å². The van der Waals surface area contributed by atoms with E-state index in [1.807, 2.05) is 24.3 Å². The van der Waals surface area contributed by atoms with Crippen LogP contribution in [0.3, 0.4) is 0 Å². The molecule has 0 bridgehead atoms. The van der Waals surface area contributed by atoms with Gasteiger partial charge in [-0.05, 0) is 35.0 Å². The second kappa shape index (κ2) is 7.84. The third-order valence-corrected chi connectivity index (χ3v) is 3.96. The first-order chi connectivity index (χ1) is 12.6. The number of halogens is 1. The molecule has 0 fully saturated rings. The van der Waals surface area contributed by atoms with E-state index in [4.69, 9.17) is 21.1 Å². The zero-order valence-electron chi connectivity index (χ0n) is 13.9. The van der Waals surface area contributed by atoms with Gasteiger partial charge in [-0.15, -0.1) is 0 Å². The van der Waals surface area contributed by atoms with Crippen LogP contribution in [0.15, 0.2) is 54.7 Å². The van der Waals surface area contributed by atoms with Crippen LogP contribution in [0.1, 0.15) is 10.4 Å². The minimum absolute atomic E-state index is 0.156. The van der Waals surface area contributed by atoms with E-state index in [1.165, 1.54) is 13.3 Å². The smallest absolute Gasteiger partial charge is 0.342 e. The molecule has 26 heavy (non-hydrogen) atoms. The highest BCUT2D eigenvalue weighted by atomic mass is 35.5. The van der Waals surface area contributed by atoms with Crippen LogP contribution in [-0.4, -0.2) is 30.6 Å². The number of nitrogens with one attached hydrogen (secondary N) is 1. The number of fused-ring (bicyclic) bond motifs is 1. The number of carbonyl (C=O) groups is 2. The third kappa shape index (κ3) is 3.92. The number of ether oxygens (including phenoxy) is 2. The molecule has 0 aliphatic carbocycles. The minimum Gasteiger partial charge on any atom is -0.496 e. The Hall–Kier alpha value is -3.12. The molecule has 3 rings (SSSR count). The minimum atomic E-state index is -0.653. The Labute approximate surface area is 154 Å². The lowest BCUT2D eigenvalue weighted by Crippen LogP contribution is -2.21. The predicted molar refractivity (Wildman–Crippen MR) is 98.7 cm³/mol. The van der Waals surface area contributed by atoms with Crippen LogP contribution in [-0.2, 0) is 9.53 Å². The molecule has 1 aromatic heterocycles. The van der Waals surface area contributed by atoms with Gasteiger partial charge in [0.05, 0.1) is 12.8 Å². The summed E-state index contributed by atoms with van der Waals surface area (Å²) in [5, 5.41) is 4.49. The summed E-state index contributed by atoms with van der Waals surface area (Å²) >= 11 is 5.87. The maximum absolute atomic E-state index is 12.4. The predicted octanol–water partition coefficient (Wildman–Crippen LogP) is 3.69. The molecule has 1 heterocycles. The molecule has 0 unspecified atom stereocenters. The van der Waals surface area contributed by atoms with Crippen LogP contribution >= 0.6 is 11.6 Å². The number of rotatable bonds is 5. The van der Waals surface area contributed by atoms with Crippen LogP contribution in [0.4, 0.5) is 5.69 Å². The first-order valence-corrected chi connectivity index (χ1v) is 8.10. The van der Waals surface area contributed by atoms with Crippen molar-refractivity contribution in [1.29, 1.82) is 0 Å². The molecule has 7 heteroatoms. The number of amides is 1. The molecule has 0 saturated heterocycles. The van der Waals surface area contributed by atoms with E-state index in [0.717, 1.165) is 10.8 Å². The Balaban J connectivity index is 1.71. The van der Waals surface area contributed by atoms with Crippen molar-refractivity contribution in [3.05, 3.63) is 65.4 Å². The zero-order valence-corrected chi connectivity index (χ0v) is 14.6. The van der Waals surface area contributed by atoms with E-state index >= 15 is 0 Å². The largest absolute Gasteiger partial charge is 0.496 e. The first kappa shape index (κ1) is 17.7. The lowest BCUT2D eigenvalue weighted by Gasteiger charge is -2.11. The maximum atomic E-state index is 12.4. The molecule has 6 nitrogen and oxygen atoms in total. The summed E-state index contributed by atoms with van der Waals surface area (Å²) in [6, 6.07) is 14.2. The second-order valence-electron chi connectivity index (χ2n) is 5.37. The Morgan fingerprint density at radius 2 is 1.85 bits per heavy atom. The number of hydrogen-bond acceptors (Lipinski definition) is 5. The number of anilines is 1. The fourth-order valence-corrected chi connectivity index (χ4v) is 2.59. The average molecular weight is 371 g/mol. The molecule has 0 aliphatic rings. The number of esters is 1. The van der Waals surface area contributed by atoms with Crippen molar-refractivity contribution in [1.82, 2.24) is 4.98 Å². The summed E-state index contributed by atoms with van der Waals surface area (Å²) in [7, 11) is 1.47. The zero-order chi connectivity index (χ0) is 18.5. The molecule has 0 saturated carbocycles. The lowest BCUT2D eigenvalue weighted by molar-refractivity contribution is -0.119. The first-order valence-electron chi connectivity index (χ1n) is 7.73. The average Bonchev–Trinajstić information content (AvgIpc) is 2.66. The molecular weight excluding hydrogens is 356 g/mol. The number of pyridine rings is 1. The summed E-state index contributed by atoms with van der Waals surface area (Å²) in [5.74, 6) is -0.794. The van der Waals surface area contributed by atoms with Gasteiger partial charge in [0.25, 0.3) is 5.91 Å². The van der Waals surface area contributed by atoms with Gasteiger partial charge in [-0.2, -0.15) is 0 Å². The van der Waals surface area contributed by atoms with Gasteiger partial charge in [-0.1, -0.05) is 35.9 Å². The Morgan fingerprint density at radius 1 is 1.12 bits per heavy atom. The number of hydrogen-bond donors (Lipinski definition) is 1. The number of methoxy groups -OCH3 is 1. The van der Waals surface area contributed by atoms with Gasteiger partial charge in [0.2, 0.25) is 0 Å². The molecular formula is C19H15ClN2O4. The van der Waals surface area contributed by atoms with Crippen molar-refractivity contribution in [3.8, 4) is 5.75 Å². The molecule has 1 N–H and O–H groups in total. The van der Waals surface area contributed by atoms with Crippen molar-refractivity contribution in [2.24, 2.45) is 0 Å². The van der Waals surface area contributed by atoms with E-state index in [1.54, 1.807) is 24.3 Å². The molecule has 0 atom stereocenters. The van der Waals surface area contributed by atoms with E-state index < -0.39 is 18.5 Å². The van der Waals surface area contributed by atoms with E-state index in [9.17, 15) is 9.59 Å². The van der Waals surface area contributed by atoms with Crippen molar-refractivity contribution in [2.75, 3.05) is 19.0 Å². The SMILES string of the molecule is COc1cc2ccccc2cc1C(=O)OCC(=O)Nc1cccnc1Cl.